The molecule has 8 nitrogen and oxygen atoms in total. The van der Waals surface area contributed by atoms with Gasteiger partial charge >= 0.3 is 13.6 Å². The molecule has 122 valence electrons. The van der Waals surface area contributed by atoms with E-state index in [9.17, 15) is 9.36 Å². The molecule has 9 heteroatoms. The fourth-order valence-corrected chi connectivity index (χ4v) is 2.98. The number of carbonyl (C=O) groups is 1. The lowest BCUT2D eigenvalue weighted by Gasteiger charge is -2.17. The first-order valence-electron chi connectivity index (χ1n) is 6.60. The highest BCUT2D eigenvalue weighted by Gasteiger charge is 2.44. The Morgan fingerprint density at radius 1 is 1.24 bits per heavy atom. The Morgan fingerprint density at radius 3 is 2.33 bits per heavy atom. The number of ether oxygens (including phenoxy) is 3. The first-order chi connectivity index (χ1) is 9.90. The molecule has 0 aromatic rings. The predicted molar refractivity (Wildman–Crippen MR) is 72.6 cm³/mol. The zero-order valence-corrected chi connectivity index (χ0v) is 13.0. The Hall–Kier alpha value is -1.08. The molecular weight excluding hydrogens is 303 g/mol. The first kappa shape index (κ1) is 18.0. The number of epoxide rings is 1. The Kier molecular flexibility index (Phi) is 7.17. The predicted octanol–water partition coefficient (Wildman–Crippen LogP) is 2.30. The molecule has 0 bridgehead atoms. The van der Waals surface area contributed by atoms with Crippen LogP contribution in [0.5, 0.6) is 0 Å². The van der Waals surface area contributed by atoms with Crippen LogP contribution in [-0.4, -0.2) is 43.0 Å². The highest BCUT2D eigenvalue weighted by Crippen LogP contribution is 2.52. The van der Waals surface area contributed by atoms with Crippen molar-refractivity contribution in [3.05, 3.63) is 12.5 Å². The Labute approximate surface area is 123 Å². The minimum atomic E-state index is -3.57. The molecule has 0 aromatic carbocycles. The van der Waals surface area contributed by atoms with E-state index in [0.29, 0.717) is 0 Å². The third kappa shape index (κ3) is 6.95. The molecule has 1 N–H and O–H groups in total. The van der Waals surface area contributed by atoms with Gasteiger partial charge in [0.2, 0.25) is 13.6 Å². The lowest BCUT2D eigenvalue weighted by atomic mass is 10.3. The lowest BCUT2D eigenvalue weighted by molar-refractivity contribution is -0.150. The summed E-state index contributed by atoms with van der Waals surface area (Å²) in [6.07, 6.45) is 0.805. The van der Waals surface area contributed by atoms with Gasteiger partial charge in [0.1, 0.15) is 0 Å². The second-order valence-corrected chi connectivity index (χ2v) is 6.42. The summed E-state index contributed by atoms with van der Waals surface area (Å²) in [5, 5.41) is 8.78. The van der Waals surface area contributed by atoms with Crippen LogP contribution in [0.2, 0.25) is 0 Å². The van der Waals surface area contributed by atoms with Crippen LogP contribution in [0.1, 0.15) is 26.7 Å². The smallest absolute Gasteiger partial charge is 0.339 e. The van der Waals surface area contributed by atoms with Crippen LogP contribution in [0.15, 0.2) is 12.5 Å². The summed E-state index contributed by atoms with van der Waals surface area (Å²) in [4.78, 5) is 11.0. The van der Waals surface area contributed by atoms with Gasteiger partial charge in [-0.05, 0) is 13.0 Å². The van der Waals surface area contributed by atoms with Gasteiger partial charge in [0, 0.05) is 6.42 Å². The Balaban J connectivity index is 2.45. The average Bonchev–Trinajstić information content (AvgIpc) is 3.15. The van der Waals surface area contributed by atoms with Gasteiger partial charge in [0.15, 0.2) is 0 Å². The molecular formula is C12H21O8P. The minimum absolute atomic E-state index is 0.0243. The molecule has 21 heavy (non-hydrogen) atoms. The van der Waals surface area contributed by atoms with Crippen molar-refractivity contribution in [1.82, 2.24) is 0 Å². The number of esters is 1. The number of rotatable bonds is 11. The highest BCUT2D eigenvalue weighted by atomic mass is 31.2. The van der Waals surface area contributed by atoms with E-state index in [2.05, 4.69) is 11.3 Å². The van der Waals surface area contributed by atoms with Crippen molar-refractivity contribution in [1.29, 1.82) is 0 Å². The molecule has 1 aliphatic heterocycles. The summed E-state index contributed by atoms with van der Waals surface area (Å²) in [7, 11) is -3.57. The summed E-state index contributed by atoms with van der Waals surface area (Å²) < 4.78 is 37.1. The van der Waals surface area contributed by atoms with E-state index in [0.717, 1.165) is 6.42 Å². The van der Waals surface area contributed by atoms with Crippen LogP contribution in [0.3, 0.4) is 0 Å². The van der Waals surface area contributed by atoms with Crippen LogP contribution in [0.25, 0.3) is 0 Å². The summed E-state index contributed by atoms with van der Waals surface area (Å²) in [5.74, 6) is -1.04. The molecule has 0 saturated carbocycles. The van der Waals surface area contributed by atoms with Crippen molar-refractivity contribution < 1.29 is 37.7 Å². The van der Waals surface area contributed by atoms with E-state index in [1.807, 2.05) is 6.92 Å². The van der Waals surface area contributed by atoms with E-state index in [1.165, 1.54) is 0 Å². The third-order valence-electron chi connectivity index (χ3n) is 2.73. The maximum Gasteiger partial charge on any atom is 0.339 e. The Bertz CT molecular complexity index is 410. The van der Waals surface area contributed by atoms with Gasteiger partial charge in [-0.25, -0.2) is 0 Å². The fourth-order valence-electron chi connectivity index (χ4n) is 1.51. The summed E-state index contributed by atoms with van der Waals surface area (Å²) in [6, 6.07) is 0. The fraction of sp³-hybridized carbons (Fsp3) is 0.750. The number of hydrogen-bond acceptors (Lipinski definition) is 8. The van der Waals surface area contributed by atoms with E-state index in [1.54, 1.807) is 6.92 Å². The molecule has 1 heterocycles. The topological polar surface area (TPSA) is 104 Å². The third-order valence-corrected chi connectivity index (χ3v) is 4.53. The van der Waals surface area contributed by atoms with Crippen molar-refractivity contribution in [3.8, 4) is 0 Å². The number of aliphatic hydroxyl groups is 1. The van der Waals surface area contributed by atoms with Gasteiger partial charge < -0.3 is 19.3 Å². The minimum Gasteiger partial charge on any atom is -0.481 e. The molecule has 0 radical (unpaired) electrons. The second kappa shape index (κ2) is 8.38. The van der Waals surface area contributed by atoms with Crippen LogP contribution < -0.4 is 0 Å². The SMILES string of the molecule is C=C(O)OCOP(=O)(CC1OC1CC)OCOC(=O)CC. The summed E-state index contributed by atoms with van der Waals surface area (Å²) >= 11 is 0. The first-order valence-corrected chi connectivity index (χ1v) is 8.33. The van der Waals surface area contributed by atoms with Crippen LogP contribution in [0, 0.1) is 0 Å². The molecule has 0 spiro atoms. The molecule has 0 aliphatic carbocycles. The summed E-state index contributed by atoms with van der Waals surface area (Å²) in [6.45, 7) is 5.70. The van der Waals surface area contributed by atoms with E-state index < -0.39 is 33.1 Å². The largest absolute Gasteiger partial charge is 0.481 e. The van der Waals surface area contributed by atoms with Gasteiger partial charge in [-0.3, -0.25) is 18.4 Å². The number of aliphatic hydroxyl groups excluding tert-OH is 1. The number of carbonyl (C=O) groups excluding carboxylic acids is 1. The van der Waals surface area contributed by atoms with Crippen LogP contribution in [0.4, 0.5) is 0 Å². The molecule has 0 amide bonds. The van der Waals surface area contributed by atoms with Crippen molar-refractivity contribution >= 4 is 13.6 Å². The maximum atomic E-state index is 12.5. The van der Waals surface area contributed by atoms with Crippen LogP contribution >= 0.6 is 7.60 Å². The zero-order chi connectivity index (χ0) is 15.9. The maximum absolute atomic E-state index is 12.5. The van der Waals surface area contributed by atoms with Crippen LogP contribution in [-0.2, 0) is 32.6 Å². The molecule has 1 saturated heterocycles. The van der Waals surface area contributed by atoms with Gasteiger partial charge in [-0.2, -0.15) is 0 Å². The van der Waals surface area contributed by atoms with E-state index >= 15 is 0 Å². The average molecular weight is 324 g/mol. The van der Waals surface area contributed by atoms with E-state index in [-0.39, 0.29) is 24.8 Å². The molecule has 3 unspecified atom stereocenters. The monoisotopic (exact) mass is 324 g/mol. The molecule has 3 atom stereocenters. The van der Waals surface area contributed by atoms with Crippen molar-refractivity contribution in [2.75, 3.05) is 19.7 Å². The number of hydrogen-bond donors (Lipinski definition) is 1. The van der Waals surface area contributed by atoms with Crippen molar-refractivity contribution in [2.24, 2.45) is 0 Å². The van der Waals surface area contributed by atoms with E-state index in [4.69, 9.17) is 23.6 Å². The lowest BCUT2D eigenvalue weighted by Crippen LogP contribution is -2.12. The standard InChI is InChI=1S/C12H21O8P/c1-4-10-11(20-10)6-21(15,18-7-16-9(3)13)19-8-17-12(14)5-2/h10-11,13H,3-8H2,1-2H3. The molecule has 1 fully saturated rings. The molecule has 1 rings (SSSR count). The van der Waals surface area contributed by atoms with Crippen molar-refractivity contribution in [2.45, 2.75) is 38.9 Å². The normalized spacial score (nSPS) is 23.1. The molecule has 1 aliphatic rings. The van der Waals surface area contributed by atoms with Gasteiger partial charge in [-0.15, -0.1) is 0 Å². The second-order valence-electron chi connectivity index (χ2n) is 4.32. The Morgan fingerprint density at radius 2 is 1.86 bits per heavy atom. The highest BCUT2D eigenvalue weighted by molar-refractivity contribution is 7.53. The molecule has 0 aromatic heterocycles. The van der Waals surface area contributed by atoms with Gasteiger partial charge in [-0.1, -0.05) is 13.8 Å². The van der Waals surface area contributed by atoms with Gasteiger partial charge in [0.05, 0.1) is 18.4 Å². The summed E-state index contributed by atoms with van der Waals surface area (Å²) in [5.41, 5.74) is 0. The van der Waals surface area contributed by atoms with Crippen molar-refractivity contribution in [3.63, 3.8) is 0 Å². The quantitative estimate of drug-likeness (QED) is 0.203. The zero-order valence-electron chi connectivity index (χ0n) is 12.1. The van der Waals surface area contributed by atoms with Gasteiger partial charge in [0.25, 0.3) is 5.95 Å².